The number of nitriles is 1. The molecule has 2 aliphatic rings. The first-order valence-electron chi connectivity index (χ1n) is 7.28. The lowest BCUT2D eigenvalue weighted by atomic mass is 9.80. The van der Waals surface area contributed by atoms with E-state index in [-0.39, 0.29) is 12.0 Å². The maximum atomic E-state index is 11.9. The molecule has 4 rings (SSSR count). The van der Waals surface area contributed by atoms with Crippen LogP contribution in [-0.2, 0) is 16.0 Å². The Morgan fingerprint density at radius 3 is 3.14 bits per heavy atom. The van der Waals surface area contributed by atoms with Gasteiger partial charge in [-0.1, -0.05) is 18.2 Å². The molecule has 110 valence electrons. The topological polar surface area (TPSA) is 69.1 Å². The lowest BCUT2D eigenvalue weighted by molar-refractivity contribution is -0.144. The lowest BCUT2D eigenvalue weighted by Gasteiger charge is -2.38. The van der Waals surface area contributed by atoms with Gasteiger partial charge in [0.05, 0.1) is 19.1 Å². The molecule has 5 nitrogen and oxygen atoms in total. The number of rotatable bonds is 1. The SMILES string of the molecule is COC(=O)C1C=C2c3cccc4[nH]cc(c34)C[C@H]2N(C#N)C1. The Bertz CT molecular complexity index is 843. The third-order valence-corrected chi connectivity index (χ3v) is 4.65. The normalized spacial score (nSPS) is 22.7. The van der Waals surface area contributed by atoms with Crippen LogP contribution < -0.4 is 0 Å². The van der Waals surface area contributed by atoms with Crippen LogP contribution in [0.2, 0.25) is 0 Å². The van der Waals surface area contributed by atoms with Gasteiger partial charge in [-0.15, -0.1) is 0 Å². The number of benzene rings is 1. The van der Waals surface area contributed by atoms with Gasteiger partial charge >= 0.3 is 5.97 Å². The fraction of sp³-hybridized carbons (Fsp3) is 0.294. The predicted octanol–water partition coefficient (Wildman–Crippen LogP) is 2.06. The Balaban J connectivity index is 1.92. The molecule has 22 heavy (non-hydrogen) atoms. The number of carbonyl (C=O) groups excluding carboxylic acids is 1. The number of methoxy groups -OCH3 is 1. The Morgan fingerprint density at radius 2 is 2.36 bits per heavy atom. The molecule has 0 spiro atoms. The minimum absolute atomic E-state index is 0.000180. The first kappa shape index (κ1) is 13.0. The van der Waals surface area contributed by atoms with Gasteiger partial charge in [0.1, 0.15) is 0 Å². The molecule has 2 aromatic rings. The van der Waals surface area contributed by atoms with Crippen molar-refractivity contribution in [1.82, 2.24) is 9.88 Å². The van der Waals surface area contributed by atoms with Crippen LogP contribution >= 0.6 is 0 Å². The average molecular weight is 293 g/mol. The number of carbonyl (C=O) groups is 1. The summed E-state index contributed by atoms with van der Waals surface area (Å²) in [6.07, 6.45) is 7.03. The van der Waals surface area contributed by atoms with Gasteiger partial charge in [-0.25, -0.2) is 0 Å². The van der Waals surface area contributed by atoms with E-state index in [4.69, 9.17) is 4.74 Å². The molecule has 1 aliphatic heterocycles. The largest absolute Gasteiger partial charge is 0.469 e. The van der Waals surface area contributed by atoms with Crippen LogP contribution in [0, 0.1) is 17.4 Å². The second kappa shape index (κ2) is 4.63. The second-order valence-corrected chi connectivity index (χ2v) is 5.77. The minimum Gasteiger partial charge on any atom is -0.469 e. The van der Waals surface area contributed by atoms with Gasteiger partial charge < -0.3 is 14.6 Å². The summed E-state index contributed by atoms with van der Waals surface area (Å²) < 4.78 is 4.86. The third kappa shape index (κ3) is 1.67. The average Bonchev–Trinajstić information content (AvgIpc) is 2.98. The highest BCUT2D eigenvalue weighted by molar-refractivity contribution is 5.99. The lowest BCUT2D eigenvalue weighted by Crippen LogP contribution is -2.44. The van der Waals surface area contributed by atoms with Gasteiger partial charge in [0, 0.05) is 23.6 Å². The Hall–Kier alpha value is -2.74. The molecule has 0 fully saturated rings. The summed E-state index contributed by atoms with van der Waals surface area (Å²) in [6, 6.07) is 6.11. The number of ether oxygens (including phenoxy) is 1. The third-order valence-electron chi connectivity index (χ3n) is 4.65. The highest BCUT2D eigenvalue weighted by atomic mass is 16.5. The molecule has 1 aromatic heterocycles. The standard InChI is InChI=1S/C17H15N3O2/c1-22-17(21)11-5-13-12-3-2-4-14-16(12)10(7-19-14)6-15(13)20(8-11)9-18/h2-5,7,11,15,19H,6,8H2,1H3/t11?,15-/m1/s1. The molecule has 2 heterocycles. The van der Waals surface area contributed by atoms with Gasteiger partial charge in [-0.3, -0.25) is 4.79 Å². The molecule has 5 heteroatoms. The van der Waals surface area contributed by atoms with Crippen molar-refractivity contribution in [3.05, 3.63) is 41.6 Å². The van der Waals surface area contributed by atoms with Crippen molar-refractivity contribution in [3.8, 4) is 6.19 Å². The summed E-state index contributed by atoms with van der Waals surface area (Å²) in [4.78, 5) is 16.9. The fourth-order valence-electron chi connectivity index (χ4n) is 3.65. The number of aromatic amines is 1. The predicted molar refractivity (Wildman–Crippen MR) is 81.6 cm³/mol. The molecule has 0 saturated carbocycles. The first-order chi connectivity index (χ1) is 10.7. The zero-order valence-electron chi connectivity index (χ0n) is 12.2. The van der Waals surface area contributed by atoms with Gasteiger partial charge in [0.2, 0.25) is 0 Å². The molecule has 1 aliphatic carbocycles. The molecular weight excluding hydrogens is 278 g/mol. The second-order valence-electron chi connectivity index (χ2n) is 5.77. The van der Waals surface area contributed by atoms with E-state index in [0.717, 1.165) is 23.1 Å². The van der Waals surface area contributed by atoms with Crippen molar-refractivity contribution < 1.29 is 9.53 Å². The highest BCUT2D eigenvalue weighted by Crippen LogP contribution is 2.41. The van der Waals surface area contributed by atoms with E-state index in [1.54, 1.807) is 4.90 Å². The van der Waals surface area contributed by atoms with Gasteiger partial charge in [0.15, 0.2) is 6.19 Å². The van der Waals surface area contributed by atoms with E-state index >= 15 is 0 Å². The summed E-state index contributed by atoms with van der Waals surface area (Å²) in [5.74, 6) is -0.690. The minimum atomic E-state index is -0.397. The summed E-state index contributed by atoms with van der Waals surface area (Å²) in [5, 5.41) is 10.7. The van der Waals surface area contributed by atoms with E-state index < -0.39 is 5.92 Å². The van der Waals surface area contributed by atoms with E-state index in [1.165, 1.54) is 18.1 Å². The molecule has 0 bridgehead atoms. The quantitative estimate of drug-likeness (QED) is 0.645. The molecular formula is C17H15N3O2. The molecule has 1 unspecified atom stereocenters. The zero-order chi connectivity index (χ0) is 15.3. The van der Waals surface area contributed by atoms with Crippen LogP contribution in [-0.4, -0.2) is 35.5 Å². The molecule has 1 aromatic carbocycles. The van der Waals surface area contributed by atoms with Crippen LogP contribution in [0.3, 0.4) is 0 Å². The Labute approximate surface area is 127 Å². The molecule has 0 radical (unpaired) electrons. The summed E-state index contributed by atoms with van der Waals surface area (Å²) in [7, 11) is 1.38. The van der Waals surface area contributed by atoms with Gasteiger partial charge in [-0.2, -0.15) is 5.26 Å². The van der Waals surface area contributed by atoms with E-state index in [1.807, 2.05) is 24.4 Å². The van der Waals surface area contributed by atoms with Gasteiger partial charge in [-0.05, 0) is 29.2 Å². The number of fused-ring (bicyclic) bond motifs is 2. The van der Waals surface area contributed by atoms with Crippen LogP contribution in [0.1, 0.15) is 11.1 Å². The fourth-order valence-corrected chi connectivity index (χ4v) is 3.65. The van der Waals surface area contributed by atoms with Crippen molar-refractivity contribution in [1.29, 1.82) is 5.26 Å². The van der Waals surface area contributed by atoms with Crippen LogP contribution in [0.25, 0.3) is 16.5 Å². The van der Waals surface area contributed by atoms with E-state index in [2.05, 4.69) is 17.2 Å². The van der Waals surface area contributed by atoms with Crippen molar-refractivity contribution in [2.45, 2.75) is 12.5 Å². The van der Waals surface area contributed by atoms with Crippen molar-refractivity contribution >= 4 is 22.4 Å². The van der Waals surface area contributed by atoms with Crippen molar-refractivity contribution in [2.75, 3.05) is 13.7 Å². The first-order valence-corrected chi connectivity index (χ1v) is 7.28. The Kier molecular flexibility index (Phi) is 2.73. The monoisotopic (exact) mass is 293 g/mol. The maximum Gasteiger partial charge on any atom is 0.314 e. The summed E-state index contributed by atoms with van der Waals surface area (Å²) in [5.41, 5.74) is 4.49. The van der Waals surface area contributed by atoms with Gasteiger partial charge in [0.25, 0.3) is 0 Å². The van der Waals surface area contributed by atoms with Crippen LogP contribution in [0.4, 0.5) is 0 Å². The smallest absolute Gasteiger partial charge is 0.314 e. The van der Waals surface area contributed by atoms with E-state index in [9.17, 15) is 10.1 Å². The molecule has 0 saturated heterocycles. The maximum absolute atomic E-state index is 11.9. The number of aromatic nitrogens is 1. The summed E-state index contributed by atoms with van der Waals surface area (Å²) in [6.45, 7) is 0.382. The van der Waals surface area contributed by atoms with Crippen LogP contribution in [0.15, 0.2) is 30.5 Å². The van der Waals surface area contributed by atoms with E-state index in [0.29, 0.717) is 6.54 Å². The summed E-state index contributed by atoms with van der Waals surface area (Å²) >= 11 is 0. The van der Waals surface area contributed by atoms with Crippen LogP contribution in [0.5, 0.6) is 0 Å². The number of H-pyrrole nitrogens is 1. The molecule has 1 N–H and O–H groups in total. The van der Waals surface area contributed by atoms with Crippen molar-refractivity contribution in [2.24, 2.45) is 5.92 Å². The number of hydrogen-bond donors (Lipinski definition) is 1. The Morgan fingerprint density at radius 1 is 1.50 bits per heavy atom. The molecule has 2 atom stereocenters. The molecule has 0 amide bonds. The number of esters is 1. The zero-order valence-corrected chi connectivity index (χ0v) is 12.2. The number of hydrogen-bond acceptors (Lipinski definition) is 4. The number of nitrogens with zero attached hydrogens (tertiary/aromatic N) is 2. The highest BCUT2D eigenvalue weighted by Gasteiger charge is 2.37. The number of nitrogens with one attached hydrogen (secondary N) is 1. The van der Waals surface area contributed by atoms with Crippen molar-refractivity contribution in [3.63, 3.8) is 0 Å².